The smallest absolute Gasteiger partial charge is 0.282 e. The number of aromatic nitrogens is 2. The second kappa shape index (κ2) is 12.3. The van der Waals surface area contributed by atoms with Crippen LogP contribution in [0, 0.1) is 24.0 Å². The summed E-state index contributed by atoms with van der Waals surface area (Å²) in [7, 11) is 1.63. The van der Waals surface area contributed by atoms with Gasteiger partial charge < -0.3 is 9.47 Å². The van der Waals surface area contributed by atoms with Gasteiger partial charge in [-0.25, -0.2) is 4.98 Å². The quantitative estimate of drug-likeness (QED) is 0.104. The van der Waals surface area contributed by atoms with E-state index in [2.05, 4.69) is 18.9 Å². The molecule has 9 nitrogen and oxygen atoms in total. The Bertz CT molecular complexity index is 1910. The van der Waals surface area contributed by atoms with Crippen LogP contribution >= 0.6 is 0 Å². The Morgan fingerprint density at radius 3 is 2.44 bits per heavy atom. The number of rotatable bonds is 9. The Labute approximate surface area is 249 Å². The Morgan fingerprint density at radius 1 is 1.00 bits per heavy atom. The minimum atomic E-state index is -0.482. The summed E-state index contributed by atoms with van der Waals surface area (Å²) in [6.07, 6.45) is 1.40. The van der Waals surface area contributed by atoms with Crippen molar-refractivity contribution in [3.8, 4) is 22.9 Å². The summed E-state index contributed by atoms with van der Waals surface area (Å²) in [4.78, 5) is 29.8. The van der Waals surface area contributed by atoms with E-state index in [9.17, 15) is 14.9 Å². The van der Waals surface area contributed by atoms with Crippen LogP contribution in [0.5, 0.6) is 11.5 Å². The van der Waals surface area contributed by atoms with Gasteiger partial charge >= 0.3 is 0 Å². The number of nitrogens with zero attached hydrogens (tertiary/aromatic N) is 4. The molecule has 4 aromatic carbocycles. The third kappa shape index (κ3) is 6.16. The predicted molar refractivity (Wildman–Crippen MR) is 168 cm³/mol. The van der Waals surface area contributed by atoms with E-state index in [4.69, 9.17) is 14.5 Å². The fourth-order valence-electron chi connectivity index (χ4n) is 4.82. The highest BCUT2D eigenvalue weighted by molar-refractivity contribution is 5.85. The van der Waals surface area contributed by atoms with E-state index in [1.165, 1.54) is 23.0 Å². The van der Waals surface area contributed by atoms with E-state index in [0.717, 1.165) is 33.6 Å². The fraction of sp³-hybridized carbons (Fsp3) is 0.206. The van der Waals surface area contributed by atoms with Gasteiger partial charge in [-0.15, -0.1) is 0 Å². The van der Waals surface area contributed by atoms with Gasteiger partial charge in [-0.1, -0.05) is 55.8 Å². The van der Waals surface area contributed by atoms with Gasteiger partial charge in [0.2, 0.25) is 0 Å². The van der Waals surface area contributed by atoms with Gasteiger partial charge in [0, 0.05) is 23.3 Å². The molecule has 0 saturated heterocycles. The van der Waals surface area contributed by atoms with E-state index in [1.54, 1.807) is 31.4 Å². The molecule has 0 fully saturated rings. The van der Waals surface area contributed by atoms with Gasteiger partial charge in [-0.05, 0) is 66.8 Å². The molecular weight excluding hydrogens is 544 g/mol. The predicted octanol–water partition coefficient (Wildman–Crippen LogP) is 7.18. The number of nitro benzene ring substituents is 1. The largest absolute Gasteiger partial charge is 0.496 e. The topological polar surface area (TPSA) is 109 Å². The highest BCUT2D eigenvalue weighted by Crippen LogP contribution is 2.34. The summed E-state index contributed by atoms with van der Waals surface area (Å²) < 4.78 is 12.9. The Morgan fingerprint density at radius 2 is 1.74 bits per heavy atom. The molecule has 0 unspecified atom stereocenters. The molecule has 0 N–H and O–H groups in total. The molecule has 0 saturated carbocycles. The van der Waals surface area contributed by atoms with Crippen LogP contribution in [-0.2, 0) is 6.61 Å². The van der Waals surface area contributed by atoms with Crippen LogP contribution in [0.3, 0.4) is 0 Å². The maximum atomic E-state index is 13.8. The van der Waals surface area contributed by atoms with E-state index < -0.39 is 4.92 Å². The first-order valence-electron chi connectivity index (χ1n) is 13.9. The Kier molecular flexibility index (Phi) is 8.34. The summed E-state index contributed by atoms with van der Waals surface area (Å²) in [5.74, 6) is 1.63. The molecule has 0 bridgehead atoms. The van der Waals surface area contributed by atoms with Crippen molar-refractivity contribution in [2.75, 3.05) is 7.11 Å². The molecule has 218 valence electrons. The summed E-state index contributed by atoms with van der Waals surface area (Å²) in [5, 5.41) is 16.6. The first-order valence-corrected chi connectivity index (χ1v) is 13.9. The summed E-state index contributed by atoms with van der Waals surface area (Å²) in [5.41, 5.74) is 5.00. The monoisotopic (exact) mass is 576 g/mol. The minimum absolute atomic E-state index is 0.124. The van der Waals surface area contributed by atoms with Crippen molar-refractivity contribution in [2.24, 2.45) is 5.10 Å². The van der Waals surface area contributed by atoms with Crippen LogP contribution in [0.2, 0.25) is 0 Å². The van der Waals surface area contributed by atoms with Crippen molar-refractivity contribution in [2.45, 2.75) is 40.2 Å². The molecule has 0 spiro atoms. The molecule has 1 aromatic heterocycles. The number of non-ortho nitro benzene ring substituents is 1. The minimum Gasteiger partial charge on any atom is -0.496 e. The van der Waals surface area contributed by atoms with Crippen molar-refractivity contribution < 1.29 is 14.4 Å². The van der Waals surface area contributed by atoms with E-state index in [-0.39, 0.29) is 23.8 Å². The summed E-state index contributed by atoms with van der Waals surface area (Å²) in [6.45, 7) is 8.32. The lowest BCUT2D eigenvalue weighted by Crippen LogP contribution is -2.21. The maximum absolute atomic E-state index is 13.8. The third-order valence-electron chi connectivity index (χ3n) is 7.22. The van der Waals surface area contributed by atoms with Crippen molar-refractivity contribution in [1.29, 1.82) is 0 Å². The number of methoxy groups -OCH3 is 1. The average molecular weight is 577 g/mol. The first kappa shape index (κ1) is 29.2. The van der Waals surface area contributed by atoms with Gasteiger partial charge in [-0.3, -0.25) is 14.9 Å². The molecular formula is C34H32N4O5. The van der Waals surface area contributed by atoms with Crippen LogP contribution in [-0.4, -0.2) is 27.9 Å². The van der Waals surface area contributed by atoms with Crippen LogP contribution in [0.4, 0.5) is 5.69 Å². The van der Waals surface area contributed by atoms with Crippen molar-refractivity contribution >= 4 is 22.8 Å². The molecule has 0 radical (unpaired) electrons. The van der Waals surface area contributed by atoms with Gasteiger partial charge in [0.1, 0.15) is 18.1 Å². The molecule has 0 aliphatic heterocycles. The molecule has 0 amide bonds. The molecule has 1 heterocycles. The highest BCUT2D eigenvalue weighted by Gasteiger charge is 2.19. The van der Waals surface area contributed by atoms with Crippen LogP contribution in [0.25, 0.3) is 22.3 Å². The number of ether oxygens (including phenoxy) is 2. The molecule has 43 heavy (non-hydrogen) atoms. The van der Waals surface area contributed by atoms with Crippen LogP contribution < -0.4 is 15.0 Å². The molecule has 0 aliphatic rings. The normalized spacial score (nSPS) is 11.4. The number of aryl methyl sites for hydroxylation is 2. The van der Waals surface area contributed by atoms with Crippen molar-refractivity contribution in [3.05, 3.63) is 127 Å². The van der Waals surface area contributed by atoms with E-state index in [1.807, 2.05) is 56.3 Å². The van der Waals surface area contributed by atoms with Crippen LogP contribution in [0.15, 0.2) is 88.8 Å². The van der Waals surface area contributed by atoms with Gasteiger partial charge in [0.15, 0.2) is 5.82 Å². The van der Waals surface area contributed by atoms with Crippen LogP contribution in [0.1, 0.15) is 47.6 Å². The number of fused-ring (bicyclic) bond motifs is 1. The van der Waals surface area contributed by atoms with Gasteiger partial charge in [0.25, 0.3) is 11.2 Å². The molecule has 0 aliphatic carbocycles. The lowest BCUT2D eigenvalue weighted by atomic mass is 9.96. The highest BCUT2D eigenvalue weighted by atomic mass is 16.6. The third-order valence-corrected chi connectivity index (χ3v) is 7.22. The number of nitro groups is 1. The number of hydrogen-bond donors (Lipinski definition) is 0. The summed E-state index contributed by atoms with van der Waals surface area (Å²) in [6, 6.07) is 23.2. The number of benzene rings is 4. The molecule has 5 rings (SSSR count). The standard InChI is InChI=1S/C34H32N4O5/c1-21(2)28-18-29(23(4)16-32(28)42-5)33-36-30-9-7-6-8-27(30)34(39)37(33)35-19-25-17-26(38(40)41)14-15-31(25)43-20-24-12-10-22(3)11-13-24/h6-19,21H,20H2,1-5H3. The molecule has 0 atom stereocenters. The second-order valence-corrected chi connectivity index (χ2v) is 10.6. The second-order valence-electron chi connectivity index (χ2n) is 10.6. The maximum Gasteiger partial charge on any atom is 0.282 e. The zero-order valence-electron chi connectivity index (χ0n) is 24.7. The first-order chi connectivity index (χ1) is 20.7. The van der Waals surface area contributed by atoms with E-state index in [0.29, 0.717) is 28.0 Å². The lowest BCUT2D eigenvalue weighted by molar-refractivity contribution is -0.384. The van der Waals surface area contributed by atoms with Gasteiger partial charge in [0.05, 0.1) is 29.2 Å². The zero-order valence-corrected chi connectivity index (χ0v) is 24.7. The van der Waals surface area contributed by atoms with Crippen molar-refractivity contribution in [1.82, 2.24) is 9.66 Å². The average Bonchev–Trinajstić information content (AvgIpc) is 3.00. The zero-order chi connectivity index (χ0) is 30.7. The Hall–Kier alpha value is -5.31. The van der Waals surface area contributed by atoms with Gasteiger partial charge in [-0.2, -0.15) is 9.78 Å². The lowest BCUT2D eigenvalue weighted by Gasteiger charge is -2.17. The number of hydrogen-bond acceptors (Lipinski definition) is 7. The Balaban J connectivity index is 1.66. The fourth-order valence-corrected chi connectivity index (χ4v) is 4.82. The number of para-hydroxylation sites is 1. The molecule has 9 heteroatoms. The van der Waals surface area contributed by atoms with Crippen molar-refractivity contribution in [3.63, 3.8) is 0 Å². The molecule has 5 aromatic rings. The summed E-state index contributed by atoms with van der Waals surface area (Å²) >= 11 is 0. The SMILES string of the molecule is COc1cc(C)c(-c2nc3ccccc3c(=O)n2N=Cc2cc([N+](=O)[O-])ccc2OCc2ccc(C)cc2)cc1C(C)C. The van der Waals surface area contributed by atoms with E-state index >= 15 is 0 Å².